The number of rotatable bonds is 6. The Balaban J connectivity index is 2.04. The Labute approximate surface area is 148 Å². The van der Waals surface area contributed by atoms with Crippen molar-refractivity contribution in [2.75, 3.05) is 11.9 Å². The molecule has 2 aromatic carbocycles. The van der Waals surface area contributed by atoms with E-state index in [1.165, 1.54) is 18.3 Å². The summed E-state index contributed by atoms with van der Waals surface area (Å²) in [5.41, 5.74) is -0.327. The first-order chi connectivity index (χ1) is 11.8. The van der Waals surface area contributed by atoms with Crippen LogP contribution in [0.25, 0.3) is 0 Å². The summed E-state index contributed by atoms with van der Waals surface area (Å²) in [4.78, 5) is 12.0. The summed E-state index contributed by atoms with van der Waals surface area (Å²) in [5.74, 6) is 0.363. The molecule has 1 N–H and O–H groups in total. The standard InChI is InChI=1S/C18H15ClF3NO2/c1-2-25-14-6-3-12(4-7-14)17(24)9-10-23-13-5-8-16(19)15(11-13)18(20,21)22/h3-11,23H,2H2,1H3. The fourth-order valence-electron chi connectivity index (χ4n) is 2.02. The Bertz CT molecular complexity index is 771. The quantitative estimate of drug-likeness (QED) is 0.534. The molecule has 3 nitrogen and oxygen atoms in total. The van der Waals surface area contributed by atoms with E-state index >= 15 is 0 Å². The van der Waals surface area contributed by atoms with Crippen molar-refractivity contribution in [2.24, 2.45) is 0 Å². The third kappa shape index (κ3) is 5.26. The van der Waals surface area contributed by atoms with Gasteiger partial charge in [-0.2, -0.15) is 13.2 Å². The Hall–Kier alpha value is -2.47. The number of ether oxygens (including phenoxy) is 1. The SMILES string of the molecule is CCOc1ccc(C(=O)C=CNc2ccc(Cl)c(C(F)(F)F)c2)cc1. The van der Waals surface area contributed by atoms with Gasteiger partial charge in [0.05, 0.1) is 17.2 Å². The van der Waals surface area contributed by atoms with Gasteiger partial charge in [0.25, 0.3) is 0 Å². The van der Waals surface area contributed by atoms with Crippen molar-refractivity contribution in [3.8, 4) is 5.75 Å². The molecule has 7 heteroatoms. The molecule has 0 heterocycles. The number of ketones is 1. The molecule has 0 amide bonds. The number of hydrogen-bond donors (Lipinski definition) is 1. The predicted molar refractivity (Wildman–Crippen MR) is 91.2 cm³/mol. The highest BCUT2D eigenvalue weighted by Gasteiger charge is 2.33. The highest BCUT2D eigenvalue weighted by molar-refractivity contribution is 6.31. The zero-order chi connectivity index (χ0) is 18.4. The molecular formula is C18H15ClF3NO2. The van der Waals surface area contributed by atoms with E-state index < -0.39 is 11.7 Å². The number of carbonyl (C=O) groups is 1. The summed E-state index contributed by atoms with van der Waals surface area (Å²) in [6.07, 6.45) is -2.03. The number of benzene rings is 2. The maximum atomic E-state index is 12.8. The fraction of sp³-hybridized carbons (Fsp3) is 0.167. The van der Waals surface area contributed by atoms with Gasteiger partial charge in [-0.3, -0.25) is 4.79 Å². The van der Waals surface area contributed by atoms with Crippen LogP contribution in [0, 0.1) is 0 Å². The topological polar surface area (TPSA) is 38.3 Å². The van der Waals surface area contributed by atoms with Crippen LogP contribution in [-0.4, -0.2) is 12.4 Å². The summed E-state index contributed by atoms with van der Waals surface area (Å²) < 4.78 is 43.7. The molecule has 0 saturated heterocycles. The fourth-order valence-corrected chi connectivity index (χ4v) is 2.25. The van der Waals surface area contributed by atoms with Gasteiger partial charge >= 0.3 is 6.18 Å². The van der Waals surface area contributed by atoms with Crippen LogP contribution < -0.4 is 10.1 Å². The molecule has 0 spiro atoms. The molecule has 0 atom stereocenters. The van der Waals surface area contributed by atoms with Crippen molar-refractivity contribution in [2.45, 2.75) is 13.1 Å². The van der Waals surface area contributed by atoms with Gasteiger partial charge in [-0.1, -0.05) is 11.6 Å². The van der Waals surface area contributed by atoms with E-state index in [0.29, 0.717) is 17.9 Å². The summed E-state index contributed by atoms with van der Waals surface area (Å²) in [5, 5.41) is 2.25. The second-order valence-corrected chi connectivity index (χ2v) is 5.40. The molecule has 0 fully saturated rings. The van der Waals surface area contributed by atoms with Crippen LogP contribution in [0.5, 0.6) is 5.75 Å². The molecule has 0 radical (unpaired) electrons. The lowest BCUT2D eigenvalue weighted by Crippen LogP contribution is -2.06. The molecular weight excluding hydrogens is 355 g/mol. The largest absolute Gasteiger partial charge is 0.494 e. The first-order valence-corrected chi connectivity index (χ1v) is 7.76. The molecule has 2 aromatic rings. The lowest BCUT2D eigenvalue weighted by atomic mass is 10.1. The van der Waals surface area contributed by atoms with Crippen LogP contribution >= 0.6 is 11.6 Å². The molecule has 0 aliphatic carbocycles. The molecule has 2 rings (SSSR count). The van der Waals surface area contributed by atoms with Crippen LogP contribution in [0.2, 0.25) is 5.02 Å². The minimum atomic E-state index is -4.55. The first-order valence-electron chi connectivity index (χ1n) is 7.38. The van der Waals surface area contributed by atoms with E-state index in [9.17, 15) is 18.0 Å². The van der Waals surface area contributed by atoms with Gasteiger partial charge in [-0.25, -0.2) is 0 Å². The van der Waals surface area contributed by atoms with Crippen LogP contribution in [-0.2, 0) is 6.18 Å². The van der Waals surface area contributed by atoms with Crippen molar-refractivity contribution in [3.63, 3.8) is 0 Å². The zero-order valence-electron chi connectivity index (χ0n) is 13.2. The number of alkyl halides is 3. The van der Waals surface area contributed by atoms with Gasteiger partial charge in [-0.05, 0) is 49.4 Å². The first kappa shape index (κ1) is 18.9. The van der Waals surface area contributed by atoms with E-state index in [0.717, 1.165) is 12.1 Å². The second-order valence-electron chi connectivity index (χ2n) is 4.99. The molecule has 0 aliphatic rings. The van der Waals surface area contributed by atoms with E-state index in [4.69, 9.17) is 16.3 Å². The number of carbonyl (C=O) groups excluding carboxylic acids is 1. The molecule has 0 bridgehead atoms. The molecule has 132 valence electrons. The maximum Gasteiger partial charge on any atom is 0.417 e. The molecule has 0 aliphatic heterocycles. The maximum absolute atomic E-state index is 12.8. The smallest absolute Gasteiger partial charge is 0.417 e. The molecule has 0 aromatic heterocycles. The van der Waals surface area contributed by atoms with Crippen molar-refractivity contribution >= 4 is 23.1 Å². The lowest BCUT2D eigenvalue weighted by Gasteiger charge is -2.10. The monoisotopic (exact) mass is 369 g/mol. The third-order valence-corrected chi connectivity index (χ3v) is 3.54. The van der Waals surface area contributed by atoms with E-state index in [1.54, 1.807) is 24.3 Å². The number of nitrogens with one attached hydrogen (secondary N) is 1. The van der Waals surface area contributed by atoms with Gasteiger partial charge in [0, 0.05) is 23.5 Å². The van der Waals surface area contributed by atoms with Crippen LogP contribution in [0.4, 0.5) is 18.9 Å². The molecule has 0 saturated carbocycles. The molecule has 25 heavy (non-hydrogen) atoms. The van der Waals surface area contributed by atoms with E-state index in [2.05, 4.69) is 5.32 Å². The lowest BCUT2D eigenvalue weighted by molar-refractivity contribution is -0.137. The summed E-state index contributed by atoms with van der Waals surface area (Å²) in [7, 11) is 0. The van der Waals surface area contributed by atoms with Crippen molar-refractivity contribution in [1.82, 2.24) is 0 Å². The van der Waals surface area contributed by atoms with Crippen LogP contribution in [0.15, 0.2) is 54.7 Å². The Kier molecular flexibility index (Phi) is 6.09. The second kappa shape index (κ2) is 8.07. The molecule has 0 unspecified atom stereocenters. The summed E-state index contributed by atoms with van der Waals surface area (Å²) in [6.45, 7) is 2.38. The van der Waals surface area contributed by atoms with Gasteiger partial charge in [0.15, 0.2) is 5.78 Å². The van der Waals surface area contributed by atoms with E-state index in [-0.39, 0.29) is 16.5 Å². The minimum absolute atomic E-state index is 0.174. The summed E-state index contributed by atoms with van der Waals surface area (Å²) >= 11 is 5.55. The Morgan fingerprint density at radius 1 is 1.20 bits per heavy atom. The minimum Gasteiger partial charge on any atom is -0.494 e. The highest BCUT2D eigenvalue weighted by atomic mass is 35.5. The van der Waals surface area contributed by atoms with Crippen LogP contribution in [0.3, 0.4) is 0 Å². The average Bonchev–Trinajstić information content (AvgIpc) is 2.56. The Morgan fingerprint density at radius 2 is 1.88 bits per heavy atom. The number of anilines is 1. The Morgan fingerprint density at radius 3 is 2.48 bits per heavy atom. The third-order valence-electron chi connectivity index (χ3n) is 3.21. The highest BCUT2D eigenvalue weighted by Crippen LogP contribution is 2.36. The zero-order valence-corrected chi connectivity index (χ0v) is 14.0. The normalized spacial score (nSPS) is 11.6. The van der Waals surface area contributed by atoms with Gasteiger partial charge < -0.3 is 10.1 Å². The van der Waals surface area contributed by atoms with Crippen molar-refractivity contribution < 1.29 is 22.7 Å². The van der Waals surface area contributed by atoms with Gasteiger partial charge in [0.2, 0.25) is 0 Å². The average molecular weight is 370 g/mol. The predicted octanol–water partition coefficient (Wildman–Crippen LogP) is 5.57. The van der Waals surface area contributed by atoms with Crippen molar-refractivity contribution in [1.29, 1.82) is 0 Å². The number of hydrogen-bond acceptors (Lipinski definition) is 3. The van der Waals surface area contributed by atoms with Gasteiger partial charge in [-0.15, -0.1) is 0 Å². The number of halogens is 4. The van der Waals surface area contributed by atoms with Gasteiger partial charge in [0.1, 0.15) is 5.75 Å². The van der Waals surface area contributed by atoms with Crippen LogP contribution in [0.1, 0.15) is 22.8 Å². The van der Waals surface area contributed by atoms with E-state index in [1.807, 2.05) is 6.92 Å². The summed E-state index contributed by atoms with van der Waals surface area (Å²) in [6, 6.07) is 10.00. The number of allylic oxidation sites excluding steroid dienone is 1. The van der Waals surface area contributed by atoms with Crippen molar-refractivity contribution in [3.05, 3.63) is 70.9 Å².